The van der Waals surface area contributed by atoms with Crippen LogP contribution in [-0.2, 0) is 4.74 Å². The van der Waals surface area contributed by atoms with E-state index in [1.54, 1.807) is 0 Å². The Labute approximate surface area is 90.9 Å². The molecule has 1 aromatic carbocycles. The molecule has 2 atom stereocenters. The lowest BCUT2D eigenvalue weighted by molar-refractivity contribution is -0.0450. The summed E-state index contributed by atoms with van der Waals surface area (Å²) in [4.78, 5) is 0. The summed E-state index contributed by atoms with van der Waals surface area (Å²) < 4.78 is 5.71. The Kier molecular flexibility index (Phi) is 3.08. The van der Waals surface area contributed by atoms with E-state index >= 15 is 0 Å². The summed E-state index contributed by atoms with van der Waals surface area (Å²) in [6.07, 6.45) is 1.36. The molecule has 0 radical (unpaired) electrons. The molecule has 1 aromatic rings. The van der Waals surface area contributed by atoms with Crippen molar-refractivity contribution in [3.05, 3.63) is 34.9 Å². The largest absolute Gasteiger partial charge is 0.393 e. The molecular formula is C13H18O2. The van der Waals surface area contributed by atoms with Crippen molar-refractivity contribution in [2.75, 3.05) is 6.61 Å². The fraction of sp³-hybridized carbons (Fsp3) is 0.538. The molecule has 0 spiro atoms. The van der Waals surface area contributed by atoms with E-state index in [0.717, 1.165) is 12.8 Å². The second kappa shape index (κ2) is 4.33. The lowest BCUT2D eigenvalue weighted by Gasteiger charge is -2.28. The first-order valence-corrected chi connectivity index (χ1v) is 5.54. The molecule has 82 valence electrons. The van der Waals surface area contributed by atoms with Crippen molar-refractivity contribution >= 4 is 0 Å². The molecule has 2 unspecified atom stereocenters. The third-order valence-corrected chi connectivity index (χ3v) is 3.25. The zero-order chi connectivity index (χ0) is 10.8. The maximum atomic E-state index is 9.62. The van der Waals surface area contributed by atoms with Gasteiger partial charge < -0.3 is 9.84 Å². The second-order valence-electron chi connectivity index (χ2n) is 4.33. The fourth-order valence-electron chi connectivity index (χ4n) is 2.12. The van der Waals surface area contributed by atoms with E-state index in [2.05, 4.69) is 32.0 Å². The van der Waals surface area contributed by atoms with Crippen LogP contribution in [0.25, 0.3) is 0 Å². The minimum atomic E-state index is -0.205. The van der Waals surface area contributed by atoms with Crippen molar-refractivity contribution in [1.29, 1.82) is 0 Å². The summed E-state index contributed by atoms with van der Waals surface area (Å²) in [6, 6.07) is 6.27. The molecular weight excluding hydrogens is 188 g/mol. The Hall–Kier alpha value is -0.860. The molecule has 0 aliphatic carbocycles. The third kappa shape index (κ3) is 2.21. The molecule has 0 aromatic heterocycles. The maximum Gasteiger partial charge on any atom is 0.0852 e. The number of aliphatic hydroxyl groups is 1. The van der Waals surface area contributed by atoms with Crippen LogP contribution in [0.15, 0.2) is 18.2 Å². The Morgan fingerprint density at radius 1 is 1.33 bits per heavy atom. The number of hydrogen-bond acceptors (Lipinski definition) is 2. The van der Waals surface area contributed by atoms with Crippen LogP contribution < -0.4 is 0 Å². The van der Waals surface area contributed by atoms with Crippen molar-refractivity contribution in [3.63, 3.8) is 0 Å². The number of rotatable bonds is 1. The van der Waals surface area contributed by atoms with Crippen LogP contribution in [0, 0.1) is 13.8 Å². The number of hydrogen-bond donors (Lipinski definition) is 1. The van der Waals surface area contributed by atoms with Gasteiger partial charge in [-0.05, 0) is 37.0 Å². The SMILES string of the molecule is Cc1cccc(C2CC(O)CCO2)c1C. The molecule has 0 amide bonds. The first kappa shape index (κ1) is 10.7. The molecule has 0 bridgehead atoms. The monoisotopic (exact) mass is 206 g/mol. The Balaban J connectivity index is 2.24. The number of aliphatic hydroxyl groups excluding tert-OH is 1. The molecule has 1 N–H and O–H groups in total. The molecule has 1 heterocycles. The van der Waals surface area contributed by atoms with Gasteiger partial charge in [0.15, 0.2) is 0 Å². The van der Waals surface area contributed by atoms with Crippen molar-refractivity contribution in [2.45, 2.75) is 38.9 Å². The van der Waals surface area contributed by atoms with Crippen LogP contribution >= 0.6 is 0 Å². The average molecular weight is 206 g/mol. The number of ether oxygens (including phenoxy) is 1. The molecule has 2 heteroatoms. The molecule has 0 saturated carbocycles. The van der Waals surface area contributed by atoms with E-state index in [1.165, 1.54) is 16.7 Å². The van der Waals surface area contributed by atoms with Gasteiger partial charge in [0.25, 0.3) is 0 Å². The summed E-state index contributed by atoms with van der Waals surface area (Å²) in [5.41, 5.74) is 3.81. The van der Waals surface area contributed by atoms with Crippen LogP contribution in [0.2, 0.25) is 0 Å². The van der Waals surface area contributed by atoms with E-state index in [9.17, 15) is 5.11 Å². The minimum absolute atomic E-state index is 0.0775. The molecule has 1 fully saturated rings. The molecule has 2 rings (SSSR count). The normalized spacial score (nSPS) is 26.6. The summed E-state index contributed by atoms with van der Waals surface area (Å²) in [5, 5.41) is 9.62. The Bertz CT molecular complexity index is 346. The van der Waals surface area contributed by atoms with Gasteiger partial charge >= 0.3 is 0 Å². The summed E-state index contributed by atoms with van der Waals surface area (Å²) in [6.45, 7) is 4.90. The van der Waals surface area contributed by atoms with E-state index in [-0.39, 0.29) is 12.2 Å². The highest BCUT2D eigenvalue weighted by atomic mass is 16.5. The fourth-order valence-corrected chi connectivity index (χ4v) is 2.12. The molecule has 1 saturated heterocycles. The highest BCUT2D eigenvalue weighted by Crippen LogP contribution is 2.31. The predicted octanol–water partition coefficient (Wildman–Crippen LogP) is 2.52. The molecule has 1 aliphatic rings. The van der Waals surface area contributed by atoms with Crippen LogP contribution in [0.3, 0.4) is 0 Å². The Morgan fingerprint density at radius 3 is 2.87 bits per heavy atom. The zero-order valence-corrected chi connectivity index (χ0v) is 9.36. The van der Waals surface area contributed by atoms with Crippen LogP contribution in [0.4, 0.5) is 0 Å². The highest BCUT2D eigenvalue weighted by molar-refractivity contribution is 5.34. The van der Waals surface area contributed by atoms with Gasteiger partial charge in [-0.15, -0.1) is 0 Å². The average Bonchev–Trinajstić information content (AvgIpc) is 2.22. The second-order valence-corrected chi connectivity index (χ2v) is 4.33. The minimum Gasteiger partial charge on any atom is -0.393 e. The number of benzene rings is 1. The molecule has 2 nitrogen and oxygen atoms in total. The van der Waals surface area contributed by atoms with Gasteiger partial charge in [0, 0.05) is 13.0 Å². The van der Waals surface area contributed by atoms with Crippen molar-refractivity contribution in [2.24, 2.45) is 0 Å². The first-order chi connectivity index (χ1) is 7.18. The molecule has 1 aliphatic heterocycles. The van der Waals surface area contributed by atoms with Crippen LogP contribution in [0.1, 0.15) is 35.6 Å². The van der Waals surface area contributed by atoms with Crippen molar-refractivity contribution in [1.82, 2.24) is 0 Å². The summed E-state index contributed by atoms with van der Waals surface area (Å²) >= 11 is 0. The topological polar surface area (TPSA) is 29.5 Å². The van der Waals surface area contributed by atoms with E-state index < -0.39 is 0 Å². The first-order valence-electron chi connectivity index (χ1n) is 5.54. The third-order valence-electron chi connectivity index (χ3n) is 3.25. The van der Waals surface area contributed by atoms with Gasteiger partial charge in [-0.3, -0.25) is 0 Å². The summed E-state index contributed by atoms with van der Waals surface area (Å²) in [7, 11) is 0. The van der Waals surface area contributed by atoms with Gasteiger partial charge in [-0.25, -0.2) is 0 Å². The van der Waals surface area contributed by atoms with Crippen LogP contribution in [0.5, 0.6) is 0 Å². The zero-order valence-electron chi connectivity index (χ0n) is 9.36. The smallest absolute Gasteiger partial charge is 0.0852 e. The lowest BCUT2D eigenvalue weighted by atomic mass is 9.94. The summed E-state index contributed by atoms with van der Waals surface area (Å²) in [5.74, 6) is 0. The van der Waals surface area contributed by atoms with Crippen molar-refractivity contribution < 1.29 is 9.84 Å². The van der Waals surface area contributed by atoms with E-state index in [4.69, 9.17) is 4.74 Å². The van der Waals surface area contributed by atoms with E-state index in [1.807, 2.05) is 0 Å². The lowest BCUT2D eigenvalue weighted by Crippen LogP contribution is -2.23. The maximum absolute atomic E-state index is 9.62. The van der Waals surface area contributed by atoms with Gasteiger partial charge in [-0.1, -0.05) is 18.2 Å². The predicted molar refractivity (Wildman–Crippen MR) is 59.8 cm³/mol. The van der Waals surface area contributed by atoms with Gasteiger partial charge in [0.1, 0.15) is 0 Å². The van der Waals surface area contributed by atoms with Crippen molar-refractivity contribution in [3.8, 4) is 0 Å². The van der Waals surface area contributed by atoms with Crippen LogP contribution in [-0.4, -0.2) is 17.8 Å². The van der Waals surface area contributed by atoms with Gasteiger partial charge in [0.05, 0.1) is 12.2 Å². The van der Waals surface area contributed by atoms with E-state index in [0.29, 0.717) is 6.61 Å². The van der Waals surface area contributed by atoms with Gasteiger partial charge in [-0.2, -0.15) is 0 Å². The standard InChI is InChI=1S/C13H18O2/c1-9-4-3-5-12(10(9)2)13-8-11(14)6-7-15-13/h3-5,11,13-14H,6-8H2,1-2H3. The quantitative estimate of drug-likeness (QED) is 0.765. The Morgan fingerprint density at radius 2 is 2.13 bits per heavy atom. The van der Waals surface area contributed by atoms with Gasteiger partial charge in [0.2, 0.25) is 0 Å². The molecule has 15 heavy (non-hydrogen) atoms. The highest BCUT2D eigenvalue weighted by Gasteiger charge is 2.23. The number of aryl methyl sites for hydroxylation is 1.